The number of hydrogen-bond acceptors (Lipinski definition) is 5. The third-order valence-corrected chi connectivity index (χ3v) is 3.96. The average Bonchev–Trinajstić information content (AvgIpc) is 2.70. The molecule has 0 heterocycles. The van der Waals surface area contributed by atoms with Crippen molar-refractivity contribution in [1.29, 1.82) is 0 Å². The second-order valence-electron chi connectivity index (χ2n) is 5.64. The Morgan fingerprint density at radius 1 is 0.593 bits per heavy atom. The molecule has 0 saturated carbocycles. The fourth-order valence-electron chi connectivity index (χ4n) is 2.43. The molecular weight excluding hydrogens is 344 g/mol. The zero-order valence-corrected chi connectivity index (χ0v) is 14.1. The second-order valence-corrected chi connectivity index (χ2v) is 5.64. The number of fused-ring (bicyclic) bond motifs is 1. The molecule has 5 nitrogen and oxygen atoms in total. The van der Waals surface area contributed by atoms with Gasteiger partial charge in [0.25, 0.3) is 0 Å². The van der Waals surface area contributed by atoms with Gasteiger partial charge in [0.1, 0.15) is 11.5 Å². The summed E-state index contributed by atoms with van der Waals surface area (Å²) < 4.78 is 5.53. The van der Waals surface area contributed by atoms with Crippen molar-refractivity contribution in [3.8, 4) is 22.6 Å². The lowest BCUT2D eigenvalue weighted by Gasteiger charge is -2.11. The van der Waals surface area contributed by atoms with Crippen LogP contribution in [0.2, 0.25) is 0 Å². The van der Waals surface area contributed by atoms with Crippen LogP contribution in [0.4, 0.5) is 0 Å². The van der Waals surface area contributed by atoms with Gasteiger partial charge in [-0.05, 0) is 35.4 Å². The topological polar surface area (TPSA) is 77.5 Å². The highest BCUT2D eigenvalue weighted by atomic mass is 16.5. The Balaban J connectivity index is 0.000000290. The van der Waals surface area contributed by atoms with E-state index in [1.54, 1.807) is 24.3 Å². The molecule has 2 aliphatic carbocycles. The third-order valence-electron chi connectivity index (χ3n) is 3.96. The SMILES string of the molecule is O=CC(=O)c1ccccc1Oc1ccccc1C(=O)C=O.c1cc2ccc1-2. The summed E-state index contributed by atoms with van der Waals surface area (Å²) in [7, 11) is 0. The highest BCUT2D eigenvalue weighted by molar-refractivity contribution is 6.34. The largest absolute Gasteiger partial charge is 0.456 e. The van der Waals surface area contributed by atoms with E-state index >= 15 is 0 Å². The number of benzene rings is 3. The van der Waals surface area contributed by atoms with Crippen LogP contribution in [-0.4, -0.2) is 24.1 Å². The van der Waals surface area contributed by atoms with Gasteiger partial charge in [0.15, 0.2) is 12.6 Å². The summed E-state index contributed by atoms with van der Waals surface area (Å²) in [4.78, 5) is 44.3. The van der Waals surface area contributed by atoms with E-state index in [1.807, 2.05) is 0 Å². The predicted molar refractivity (Wildman–Crippen MR) is 99.2 cm³/mol. The molecular formula is C22H14O5. The summed E-state index contributed by atoms with van der Waals surface area (Å²) in [5, 5.41) is 0. The molecule has 0 aliphatic heterocycles. The molecule has 2 aromatic carbocycles. The Labute approximate surface area is 155 Å². The zero-order valence-electron chi connectivity index (χ0n) is 14.1. The number of para-hydroxylation sites is 2. The maximum atomic E-state index is 11.5. The Kier molecular flexibility index (Phi) is 5.33. The van der Waals surface area contributed by atoms with Crippen molar-refractivity contribution >= 4 is 24.1 Å². The van der Waals surface area contributed by atoms with Crippen molar-refractivity contribution in [2.24, 2.45) is 0 Å². The van der Waals surface area contributed by atoms with Gasteiger partial charge in [0.2, 0.25) is 11.6 Å². The molecule has 0 spiro atoms. The van der Waals surface area contributed by atoms with E-state index < -0.39 is 11.6 Å². The van der Waals surface area contributed by atoms with Crippen molar-refractivity contribution in [2.45, 2.75) is 0 Å². The minimum Gasteiger partial charge on any atom is -0.456 e. The first-order valence-electron chi connectivity index (χ1n) is 8.09. The molecule has 0 bridgehead atoms. The number of ketones is 2. The van der Waals surface area contributed by atoms with Gasteiger partial charge in [-0.1, -0.05) is 48.5 Å². The van der Waals surface area contributed by atoms with Crippen LogP contribution < -0.4 is 4.74 Å². The Morgan fingerprint density at radius 2 is 0.963 bits per heavy atom. The number of hydrogen-bond donors (Lipinski definition) is 0. The molecule has 0 N–H and O–H groups in total. The lowest BCUT2D eigenvalue weighted by Crippen LogP contribution is -2.05. The number of aldehydes is 2. The fraction of sp³-hybridized carbons (Fsp3) is 0. The molecule has 0 fully saturated rings. The molecule has 0 aromatic heterocycles. The molecule has 4 rings (SSSR count). The molecule has 2 aromatic rings. The van der Waals surface area contributed by atoms with Crippen LogP contribution in [0.5, 0.6) is 11.5 Å². The number of rotatable bonds is 6. The molecule has 2 aliphatic rings. The average molecular weight is 358 g/mol. The number of carbonyl (C=O) groups is 4. The van der Waals surface area contributed by atoms with Crippen LogP contribution in [0.1, 0.15) is 20.7 Å². The molecule has 132 valence electrons. The molecule has 5 heteroatoms. The van der Waals surface area contributed by atoms with Crippen LogP contribution >= 0.6 is 0 Å². The van der Waals surface area contributed by atoms with Crippen LogP contribution in [0, 0.1) is 0 Å². The predicted octanol–water partition coefficient (Wildman–Crippen LogP) is 3.91. The number of ether oxygens (including phenoxy) is 1. The smallest absolute Gasteiger partial charge is 0.229 e. The third kappa shape index (κ3) is 3.88. The van der Waals surface area contributed by atoms with Crippen LogP contribution in [0.25, 0.3) is 11.1 Å². The summed E-state index contributed by atoms with van der Waals surface area (Å²) in [5.41, 5.74) is 3.02. The van der Waals surface area contributed by atoms with Gasteiger partial charge in [-0.2, -0.15) is 0 Å². The normalized spacial score (nSPS) is 10.1. The van der Waals surface area contributed by atoms with E-state index in [4.69, 9.17) is 4.74 Å². The Morgan fingerprint density at radius 3 is 1.26 bits per heavy atom. The van der Waals surface area contributed by atoms with Gasteiger partial charge < -0.3 is 4.74 Å². The van der Waals surface area contributed by atoms with Gasteiger partial charge in [-0.25, -0.2) is 0 Å². The van der Waals surface area contributed by atoms with E-state index in [0.29, 0.717) is 0 Å². The minimum atomic E-state index is -0.732. The van der Waals surface area contributed by atoms with Crippen LogP contribution in [-0.2, 0) is 9.59 Å². The fourth-order valence-corrected chi connectivity index (χ4v) is 2.43. The van der Waals surface area contributed by atoms with Crippen molar-refractivity contribution < 1.29 is 23.9 Å². The lowest BCUT2D eigenvalue weighted by atomic mass is 9.95. The van der Waals surface area contributed by atoms with Gasteiger partial charge in [0.05, 0.1) is 11.1 Å². The summed E-state index contributed by atoms with van der Waals surface area (Å²) >= 11 is 0. The van der Waals surface area contributed by atoms with Crippen LogP contribution in [0.15, 0.2) is 72.8 Å². The summed E-state index contributed by atoms with van der Waals surface area (Å²) in [6, 6.07) is 20.8. The molecule has 0 saturated heterocycles. The summed E-state index contributed by atoms with van der Waals surface area (Å²) in [6.07, 6.45) is 0.370. The van der Waals surface area contributed by atoms with Gasteiger partial charge >= 0.3 is 0 Å². The lowest BCUT2D eigenvalue weighted by molar-refractivity contribution is -0.105. The molecule has 0 atom stereocenters. The quantitative estimate of drug-likeness (QED) is 0.297. The minimum absolute atomic E-state index is 0.0841. The van der Waals surface area contributed by atoms with Crippen molar-refractivity contribution in [1.82, 2.24) is 0 Å². The van der Waals surface area contributed by atoms with Crippen LogP contribution in [0.3, 0.4) is 0 Å². The Bertz CT molecular complexity index is 936. The van der Waals surface area contributed by atoms with E-state index in [9.17, 15) is 19.2 Å². The molecule has 0 radical (unpaired) electrons. The van der Waals surface area contributed by atoms with Crippen molar-refractivity contribution in [2.75, 3.05) is 0 Å². The Hall–Kier alpha value is -3.86. The first-order chi connectivity index (χ1) is 13.1. The van der Waals surface area contributed by atoms with E-state index in [2.05, 4.69) is 24.3 Å². The molecule has 27 heavy (non-hydrogen) atoms. The van der Waals surface area contributed by atoms with Crippen molar-refractivity contribution in [3.63, 3.8) is 0 Å². The van der Waals surface area contributed by atoms with E-state index in [0.717, 1.165) is 0 Å². The van der Waals surface area contributed by atoms with Gasteiger partial charge in [0, 0.05) is 0 Å². The highest BCUT2D eigenvalue weighted by Crippen LogP contribution is 2.29. The maximum Gasteiger partial charge on any atom is 0.229 e. The van der Waals surface area contributed by atoms with Gasteiger partial charge in [-0.3, -0.25) is 19.2 Å². The summed E-state index contributed by atoms with van der Waals surface area (Å²) in [6.45, 7) is 0. The van der Waals surface area contributed by atoms with E-state index in [-0.39, 0.29) is 35.2 Å². The first-order valence-corrected chi connectivity index (χ1v) is 8.09. The zero-order chi connectivity index (χ0) is 19.2. The van der Waals surface area contributed by atoms with Crippen molar-refractivity contribution in [3.05, 3.63) is 83.9 Å². The monoisotopic (exact) mass is 358 g/mol. The number of carbonyl (C=O) groups excluding carboxylic acids is 4. The molecule has 0 amide bonds. The second kappa shape index (κ2) is 8.01. The molecule has 0 unspecified atom stereocenters. The number of Topliss-reactive ketones (excluding diaryl/α,β-unsaturated/α-hetero) is 2. The maximum absolute atomic E-state index is 11.5. The first kappa shape index (κ1) is 17.9. The summed E-state index contributed by atoms with van der Waals surface area (Å²) in [5.74, 6) is -1.18. The highest BCUT2D eigenvalue weighted by Gasteiger charge is 2.15. The van der Waals surface area contributed by atoms with E-state index in [1.165, 1.54) is 35.4 Å². The standard InChI is InChI=1S/C16H10O5.C6H4/c17-9-13(19)11-5-1-3-7-15(11)21-16-8-4-2-6-12(16)14(20)10-18;1-2-6-4-3-5(1)6/h1-10H;1-4H. The van der Waals surface area contributed by atoms with Gasteiger partial charge in [-0.15, -0.1) is 0 Å².